The molecule has 0 radical (unpaired) electrons. The first-order valence-electron chi connectivity index (χ1n) is 8.69. The van der Waals surface area contributed by atoms with E-state index < -0.39 is 0 Å². The van der Waals surface area contributed by atoms with E-state index in [9.17, 15) is 4.79 Å². The van der Waals surface area contributed by atoms with Crippen molar-refractivity contribution >= 4 is 5.97 Å². The van der Waals surface area contributed by atoms with Crippen LogP contribution in [0.1, 0.15) is 84.0 Å². The lowest BCUT2D eigenvalue weighted by molar-refractivity contribution is -0.140. The van der Waals surface area contributed by atoms with Crippen LogP contribution in [0.15, 0.2) is 24.3 Å². The summed E-state index contributed by atoms with van der Waals surface area (Å²) in [5.41, 5.74) is 0. The number of unbranched alkanes of at least 4 members (excludes halogenated alkanes) is 9. The van der Waals surface area contributed by atoms with Crippen LogP contribution in [0.5, 0.6) is 0 Å². The zero-order chi connectivity index (χ0) is 15.6. The zero-order valence-corrected chi connectivity index (χ0v) is 14.1. The standard InChI is InChI=1S/C19H34O2/c1-3-4-5-6-7-8-9-10-11-12-13-14-15-16-17-18-19(20)21-2/h13-16H,3-12,17-18H2,1-2H3. The van der Waals surface area contributed by atoms with Gasteiger partial charge < -0.3 is 4.74 Å². The fraction of sp³-hybridized carbons (Fsp3) is 0.737. The maximum Gasteiger partial charge on any atom is 0.305 e. The van der Waals surface area contributed by atoms with Crippen LogP contribution in [-0.4, -0.2) is 13.1 Å². The number of allylic oxidation sites excluding steroid dienone is 4. The average Bonchev–Trinajstić information content (AvgIpc) is 2.50. The van der Waals surface area contributed by atoms with Gasteiger partial charge in [0.1, 0.15) is 0 Å². The Morgan fingerprint density at radius 3 is 1.90 bits per heavy atom. The van der Waals surface area contributed by atoms with E-state index in [2.05, 4.69) is 23.8 Å². The van der Waals surface area contributed by atoms with Gasteiger partial charge in [-0.15, -0.1) is 0 Å². The minimum atomic E-state index is -0.140. The Bertz CT molecular complexity index is 279. The minimum absolute atomic E-state index is 0.140. The summed E-state index contributed by atoms with van der Waals surface area (Å²) in [6.45, 7) is 2.27. The number of carbonyl (C=O) groups excluding carboxylic acids is 1. The number of rotatable bonds is 14. The Labute approximate surface area is 131 Å². The van der Waals surface area contributed by atoms with Gasteiger partial charge in [-0.1, -0.05) is 82.6 Å². The molecule has 2 heteroatoms. The summed E-state index contributed by atoms with van der Waals surface area (Å²) in [7, 11) is 1.43. The molecule has 0 N–H and O–H groups in total. The van der Waals surface area contributed by atoms with Gasteiger partial charge in [-0.2, -0.15) is 0 Å². The topological polar surface area (TPSA) is 26.3 Å². The van der Waals surface area contributed by atoms with E-state index in [1.165, 1.54) is 64.9 Å². The van der Waals surface area contributed by atoms with E-state index in [-0.39, 0.29) is 5.97 Å². The molecule has 0 aromatic rings. The van der Waals surface area contributed by atoms with E-state index >= 15 is 0 Å². The summed E-state index contributed by atoms with van der Waals surface area (Å²) >= 11 is 0. The summed E-state index contributed by atoms with van der Waals surface area (Å²) < 4.78 is 4.58. The molecule has 0 atom stereocenters. The predicted octanol–water partition coefficient (Wildman–Crippen LogP) is 5.97. The molecule has 0 unspecified atom stereocenters. The van der Waals surface area contributed by atoms with Crippen LogP contribution in [0.25, 0.3) is 0 Å². The van der Waals surface area contributed by atoms with Gasteiger partial charge in [-0.25, -0.2) is 0 Å². The molecule has 0 spiro atoms. The van der Waals surface area contributed by atoms with Crippen LogP contribution in [0.3, 0.4) is 0 Å². The molecule has 122 valence electrons. The number of hydrogen-bond donors (Lipinski definition) is 0. The number of hydrogen-bond acceptors (Lipinski definition) is 2. The van der Waals surface area contributed by atoms with Crippen molar-refractivity contribution in [2.45, 2.75) is 84.0 Å². The van der Waals surface area contributed by atoms with E-state index in [0.717, 1.165) is 12.8 Å². The number of methoxy groups -OCH3 is 1. The zero-order valence-electron chi connectivity index (χ0n) is 14.1. The second kappa shape index (κ2) is 17.0. The molecule has 0 aliphatic carbocycles. The van der Waals surface area contributed by atoms with Gasteiger partial charge in [-0.05, 0) is 19.3 Å². The molecule has 0 saturated heterocycles. The highest BCUT2D eigenvalue weighted by Crippen LogP contribution is 2.10. The highest BCUT2D eigenvalue weighted by molar-refractivity contribution is 5.69. The summed E-state index contributed by atoms with van der Waals surface area (Å²) in [6.07, 6.45) is 23.2. The second-order valence-corrected chi connectivity index (χ2v) is 5.59. The Hall–Kier alpha value is -1.05. The molecule has 0 amide bonds. The third-order valence-electron chi connectivity index (χ3n) is 3.60. The molecule has 0 saturated carbocycles. The van der Waals surface area contributed by atoms with Crippen LogP contribution in [0.4, 0.5) is 0 Å². The monoisotopic (exact) mass is 294 g/mol. The fourth-order valence-corrected chi connectivity index (χ4v) is 2.23. The Morgan fingerprint density at radius 1 is 0.810 bits per heavy atom. The largest absolute Gasteiger partial charge is 0.469 e. The molecule has 0 fully saturated rings. The summed E-state index contributed by atoms with van der Waals surface area (Å²) in [4.78, 5) is 10.9. The van der Waals surface area contributed by atoms with Gasteiger partial charge in [-0.3, -0.25) is 4.79 Å². The first-order valence-corrected chi connectivity index (χ1v) is 8.69. The van der Waals surface area contributed by atoms with Gasteiger partial charge in [0.05, 0.1) is 7.11 Å². The second-order valence-electron chi connectivity index (χ2n) is 5.59. The summed E-state index contributed by atoms with van der Waals surface area (Å²) in [6, 6.07) is 0. The highest BCUT2D eigenvalue weighted by Gasteiger charge is 1.95. The van der Waals surface area contributed by atoms with Crippen LogP contribution < -0.4 is 0 Å². The Morgan fingerprint density at radius 2 is 1.33 bits per heavy atom. The first kappa shape index (κ1) is 19.9. The van der Waals surface area contributed by atoms with E-state index in [1.54, 1.807) is 0 Å². The van der Waals surface area contributed by atoms with Crippen LogP contribution in [0.2, 0.25) is 0 Å². The average molecular weight is 294 g/mol. The number of carbonyl (C=O) groups is 1. The highest BCUT2D eigenvalue weighted by atomic mass is 16.5. The van der Waals surface area contributed by atoms with Crippen molar-refractivity contribution in [1.29, 1.82) is 0 Å². The smallest absolute Gasteiger partial charge is 0.305 e. The quantitative estimate of drug-likeness (QED) is 0.224. The van der Waals surface area contributed by atoms with E-state index in [0.29, 0.717) is 6.42 Å². The Kier molecular flexibility index (Phi) is 16.2. The molecule has 0 rings (SSSR count). The number of ether oxygens (including phenoxy) is 1. The normalized spacial score (nSPS) is 11.5. The molecule has 2 nitrogen and oxygen atoms in total. The lowest BCUT2D eigenvalue weighted by atomic mass is 10.1. The summed E-state index contributed by atoms with van der Waals surface area (Å²) in [5.74, 6) is -0.140. The third kappa shape index (κ3) is 16.9. The molecule has 0 aliphatic rings. The minimum Gasteiger partial charge on any atom is -0.469 e. The molecule has 0 bridgehead atoms. The van der Waals surface area contributed by atoms with Crippen molar-refractivity contribution < 1.29 is 9.53 Å². The number of esters is 1. The van der Waals surface area contributed by atoms with E-state index in [1.807, 2.05) is 12.2 Å². The molecular formula is C19H34O2. The van der Waals surface area contributed by atoms with Gasteiger partial charge in [0, 0.05) is 6.42 Å². The van der Waals surface area contributed by atoms with Crippen molar-refractivity contribution in [3.05, 3.63) is 24.3 Å². The van der Waals surface area contributed by atoms with Crippen molar-refractivity contribution in [2.75, 3.05) is 7.11 Å². The molecule has 0 aliphatic heterocycles. The summed E-state index contributed by atoms with van der Waals surface area (Å²) in [5, 5.41) is 0. The molecule has 0 heterocycles. The maximum atomic E-state index is 10.9. The SMILES string of the molecule is CCCCCCCCCCCC=CC=CCCC(=O)OC. The third-order valence-corrected chi connectivity index (χ3v) is 3.60. The van der Waals surface area contributed by atoms with Crippen molar-refractivity contribution in [3.63, 3.8) is 0 Å². The molecule has 0 aromatic heterocycles. The van der Waals surface area contributed by atoms with Gasteiger partial charge in [0.25, 0.3) is 0 Å². The Balaban J connectivity index is 3.21. The van der Waals surface area contributed by atoms with Crippen molar-refractivity contribution in [3.8, 4) is 0 Å². The maximum absolute atomic E-state index is 10.9. The van der Waals surface area contributed by atoms with Crippen molar-refractivity contribution in [2.24, 2.45) is 0 Å². The predicted molar refractivity (Wildman–Crippen MR) is 91.4 cm³/mol. The van der Waals surface area contributed by atoms with Gasteiger partial charge >= 0.3 is 5.97 Å². The van der Waals surface area contributed by atoms with Crippen LogP contribution in [-0.2, 0) is 9.53 Å². The lowest BCUT2D eigenvalue weighted by Gasteiger charge is -2.00. The molecular weight excluding hydrogens is 260 g/mol. The van der Waals surface area contributed by atoms with E-state index in [4.69, 9.17) is 0 Å². The lowest BCUT2D eigenvalue weighted by Crippen LogP contribution is -1.97. The van der Waals surface area contributed by atoms with Gasteiger partial charge in [0.2, 0.25) is 0 Å². The molecule has 0 aromatic carbocycles. The first-order chi connectivity index (χ1) is 10.3. The van der Waals surface area contributed by atoms with Crippen LogP contribution >= 0.6 is 0 Å². The van der Waals surface area contributed by atoms with Crippen LogP contribution in [0, 0.1) is 0 Å². The van der Waals surface area contributed by atoms with Gasteiger partial charge in [0.15, 0.2) is 0 Å². The van der Waals surface area contributed by atoms with Crippen molar-refractivity contribution in [1.82, 2.24) is 0 Å². The molecule has 21 heavy (non-hydrogen) atoms. The fourth-order valence-electron chi connectivity index (χ4n) is 2.23.